The average molecular weight is 219 g/mol. The van der Waals surface area contributed by atoms with E-state index in [4.69, 9.17) is 4.42 Å². The Hall–Kier alpha value is -0.760. The fourth-order valence-electron chi connectivity index (χ4n) is 3.07. The maximum Gasteiger partial charge on any atom is 0.108 e. The molecule has 1 aliphatic heterocycles. The molecule has 2 fully saturated rings. The van der Waals surface area contributed by atoms with Gasteiger partial charge in [-0.2, -0.15) is 0 Å². The quantitative estimate of drug-likeness (QED) is 0.826. The first-order valence-corrected chi connectivity index (χ1v) is 6.51. The molecule has 0 spiro atoms. The molecule has 1 saturated carbocycles. The van der Waals surface area contributed by atoms with Crippen molar-refractivity contribution in [1.29, 1.82) is 0 Å². The summed E-state index contributed by atoms with van der Waals surface area (Å²) in [6.07, 6.45) is 2.51. The number of furan rings is 1. The van der Waals surface area contributed by atoms with Gasteiger partial charge in [-0.05, 0) is 44.7 Å². The van der Waals surface area contributed by atoms with E-state index in [-0.39, 0.29) is 0 Å². The summed E-state index contributed by atoms with van der Waals surface area (Å²) < 4.78 is 6.04. The second-order valence-electron chi connectivity index (χ2n) is 5.76. The molecule has 5 atom stereocenters. The molecule has 16 heavy (non-hydrogen) atoms. The molecule has 1 aromatic heterocycles. The summed E-state index contributed by atoms with van der Waals surface area (Å²) in [5.74, 6) is 4.51. The van der Waals surface area contributed by atoms with Crippen molar-refractivity contribution in [2.45, 2.75) is 57.5 Å². The Morgan fingerprint density at radius 3 is 2.19 bits per heavy atom. The standard InChI is InChI=1S/C14H21NO/c1-8-6-11(8)13-4-5-14(16-13)12-7-9(2)15-10(12)3/h4-5,8-12,15H,6-7H2,1-3H3. The Labute approximate surface area is 97.4 Å². The van der Waals surface area contributed by atoms with Crippen molar-refractivity contribution in [1.82, 2.24) is 5.32 Å². The van der Waals surface area contributed by atoms with Crippen LogP contribution in [-0.4, -0.2) is 12.1 Å². The van der Waals surface area contributed by atoms with E-state index in [1.165, 1.54) is 24.4 Å². The van der Waals surface area contributed by atoms with Crippen LogP contribution in [0.5, 0.6) is 0 Å². The molecule has 0 amide bonds. The van der Waals surface area contributed by atoms with Crippen molar-refractivity contribution in [3.05, 3.63) is 23.7 Å². The van der Waals surface area contributed by atoms with Crippen molar-refractivity contribution in [2.24, 2.45) is 5.92 Å². The van der Waals surface area contributed by atoms with Gasteiger partial charge in [-0.25, -0.2) is 0 Å². The van der Waals surface area contributed by atoms with Crippen LogP contribution in [0.1, 0.15) is 57.0 Å². The average Bonchev–Trinajstić information content (AvgIpc) is 2.67. The smallest absolute Gasteiger partial charge is 0.108 e. The summed E-state index contributed by atoms with van der Waals surface area (Å²) >= 11 is 0. The summed E-state index contributed by atoms with van der Waals surface area (Å²) in [4.78, 5) is 0. The van der Waals surface area contributed by atoms with E-state index in [1.807, 2.05) is 0 Å². The molecule has 2 aliphatic rings. The lowest BCUT2D eigenvalue weighted by molar-refractivity contribution is 0.413. The van der Waals surface area contributed by atoms with E-state index < -0.39 is 0 Å². The van der Waals surface area contributed by atoms with Crippen molar-refractivity contribution in [3.63, 3.8) is 0 Å². The van der Waals surface area contributed by atoms with Crippen molar-refractivity contribution >= 4 is 0 Å². The zero-order valence-electron chi connectivity index (χ0n) is 10.4. The number of rotatable bonds is 2. The zero-order chi connectivity index (χ0) is 11.3. The first kappa shape index (κ1) is 10.4. The molecular weight excluding hydrogens is 198 g/mol. The maximum absolute atomic E-state index is 6.04. The number of nitrogens with one attached hydrogen (secondary N) is 1. The van der Waals surface area contributed by atoms with E-state index in [0.717, 1.165) is 5.92 Å². The summed E-state index contributed by atoms with van der Waals surface area (Å²) in [7, 11) is 0. The van der Waals surface area contributed by atoms with Gasteiger partial charge in [0.15, 0.2) is 0 Å². The van der Waals surface area contributed by atoms with E-state index in [2.05, 4.69) is 38.2 Å². The minimum Gasteiger partial charge on any atom is -0.465 e. The molecule has 5 unspecified atom stereocenters. The highest BCUT2D eigenvalue weighted by atomic mass is 16.3. The molecule has 1 aromatic rings. The molecular formula is C14H21NO. The lowest BCUT2D eigenvalue weighted by atomic mass is 9.98. The van der Waals surface area contributed by atoms with Crippen LogP contribution in [0.4, 0.5) is 0 Å². The van der Waals surface area contributed by atoms with Crippen molar-refractivity contribution < 1.29 is 4.42 Å². The van der Waals surface area contributed by atoms with Gasteiger partial charge in [0.2, 0.25) is 0 Å². The van der Waals surface area contributed by atoms with E-state index in [0.29, 0.717) is 23.9 Å². The van der Waals surface area contributed by atoms with Gasteiger partial charge in [-0.1, -0.05) is 6.92 Å². The molecule has 0 bridgehead atoms. The van der Waals surface area contributed by atoms with Crippen LogP contribution in [-0.2, 0) is 0 Å². The van der Waals surface area contributed by atoms with E-state index in [9.17, 15) is 0 Å². The summed E-state index contributed by atoms with van der Waals surface area (Å²) in [5.41, 5.74) is 0. The first-order valence-electron chi connectivity index (χ1n) is 6.51. The van der Waals surface area contributed by atoms with Crippen LogP contribution < -0.4 is 5.32 Å². The van der Waals surface area contributed by atoms with E-state index in [1.54, 1.807) is 0 Å². The van der Waals surface area contributed by atoms with Crippen LogP contribution in [0, 0.1) is 5.92 Å². The van der Waals surface area contributed by atoms with Crippen LogP contribution in [0.2, 0.25) is 0 Å². The second-order valence-corrected chi connectivity index (χ2v) is 5.76. The second kappa shape index (κ2) is 3.63. The highest BCUT2D eigenvalue weighted by Gasteiger charge is 2.38. The normalized spacial score (nSPS) is 42.6. The molecule has 1 aliphatic carbocycles. The van der Waals surface area contributed by atoms with Gasteiger partial charge in [-0.3, -0.25) is 0 Å². The molecule has 0 radical (unpaired) electrons. The third kappa shape index (κ3) is 1.69. The van der Waals surface area contributed by atoms with Crippen LogP contribution >= 0.6 is 0 Å². The van der Waals surface area contributed by atoms with E-state index >= 15 is 0 Å². The van der Waals surface area contributed by atoms with Gasteiger partial charge in [0.25, 0.3) is 0 Å². The molecule has 88 valence electrons. The van der Waals surface area contributed by atoms with Crippen LogP contribution in [0.15, 0.2) is 16.5 Å². The SMILES string of the molecule is CC1CC(c2ccc(C3CC3C)o2)C(C)N1. The lowest BCUT2D eigenvalue weighted by Gasteiger charge is -2.11. The van der Waals surface area contributed by atoms with Gasteiger partial charge >= 0.3 is 0 Å². The van der Waals surface area contributed by atoms with Gasteiger partial charge in [0.05, 0.1) is 0 Å². The Morgan fingerprint density at radius 1 is 1.06 bits per heavy atom. The largest absolute Gasteiger partial charge is 0.465 e. The maximum atomic E-state index is 6.04. The summed E-state index contributed by atoms with van der Waals surface area (Å²) in [6, 6.07) is 5.56. The molecule has 0 aromatic carbocycles. The van der Waals surface area contributed by atoms with Gasteiger partial charge in [0.1, 0.15) is 11.5 Å². The van der Waals surface area contributed by atoms with Gasteiger partial charge < -0.3 is 9.73 Å². The van der Waals surface area contributed by atoms with Crippen LogP contribution in [0.3, 0.4) is 0 Å². The Bertz CT molecular complexity index is 384. The minimum atomic E-state index is 0.547. The zero-order valence-corrected chi connectivity index (χ0v) is 10.4. The third-order valence-electron chi connectivity index (χ3n) is 4.25. The Morgan fingerprint density at radius 2 is 1.69 bits per heavy atom. The molecule has 2 heteroatoms. The summed E-state index contributed by atoms with van der Waals surface area (Å²) in [6.45, 7) is 6.81. The molecule has 1 saturated heterocycles. The van der Waals surface area contributed by atoms with Crippen LogP contribution in [0.25, 0.3) is 0 Å². The van der Waals surface area contributed by atoms with Gasteiger partial charge in [-0.15, -0.1) is 0 Å². The fraction of sp³-hybridized carbons (Fsp3) is 0.714. The topological polar surface area (TPSA) is 25.2 Å². The minimum absolute atomic E-state index is 0.547. The Balaban J connectivity index is 1.77. The first-order chi connectivity index (χ1) is 7.65. The summed E-state index contributed by atoms with van der Waals surface area (Å²) in [5, 5.41) is 3.57. The highest BCUT2D eigenvalue weighted by Crippen LogP contribution is 2.48. The molecule has 2 nitrogen and oxygen atoms in total. The Kier molecular flexibility index (Phi) is 2.36. The predicted molar refractivity (Wildman–Crippen MR) is 64.6 cm³/mol. The lowest BCUT2D eigenvalue weighted by Crippen LogP contribution is -2.25. The third-order valence-corrected chi connectivity index (χ3v) is 4.25. The molecule has 3 rings (SSSR count). The molecule has 1 N–H and O–H groups in total. The highest BCUT2D eigenvalue weighted by molar-refractivity contribution is 5.21. The number of hydrogen-bond acceptors (Lipinski definition) is 2. The molecule has 2 heterocycles. The fourth-order valence-corrected chi connectivity index (χ4v) is 3.07. The van der Waals surface area contributed by atoms with Crippen molar-refractivity contribution in [2.75, 3.05) is 0 Å². The van der Waals surface area contributed by atoms with Gasteiger partial charge in [0, 0.05) is 23.9 Å². The number of hydrogen-bond donors (Lipinski definition) is 1. The monoisotopic (exact) mass is 219 g/mol. The van der Waals surface area contributed by atoms with Crippen molar-refractivity contribution in [3.8, 4) is 0 Å². The predicted octanol–water partition coefficient (Wildman–Crippen LogP) is 3.26.